The minimum atomic E-state index is -1.29. The number of hydrogen-bond acceptors (Lipinski definition) is 7. The second-order valence-corrected chi connectivity index (χ2v) is 6.61. The van der Waals surface area contributed by atoms with Gasteiger partial charge < -0.3 is 24.8 Å². The standard InChI is InChI=1S/C21H20N2O6/c1-21(2)28-19(25)17(20(26)29-21)12-22-14-7-6-8-15(11-14)23-18(24)13-27-16-9-4-3-5-10-16/h3-12,22H,13H2,1-2H3,(H,23,24). The van der Waals surface area contributed by atoms with E-state index in [4.69, 9.17) is 14.2 Å². The van der Waals surface area contributed by atoms with Crippen LogP contribution in [0.4, 0.5) is 11.4 Å². The van der Waals surface area contributed by atoms with Crippen molar-refractivity contribution in [1.82, 2.24) is 0 Å². The number of benzene rings is 2. The van der Waals surface area contributed by atoms with E-state index in [1.54, 1.807) is 36.4 Å². The van der Waals surface area contributed by atoms with Gasteiger partial charge in [-0.15, -0.1) is 0 Å². The molecule has 150 valence electrons. The van der Waals surface area contributed by atoms with Crippen molar-refractivity contribution >= 4 is 29.2 Å². The maximum Gasteiger partial charge on any atom is 0.350 e. The molecule has 0 spiro atoms. The molecule has 2 aromatic rings. The van der Waals surface area contributed by atoms with Crippen LogP contribution in [-0.2, 0) is 23.9 Å². The van der Waals surface area contributed by atoms with Gasteiger partial charge in [-0.05, 0) is 30.3 Å². The van der Waals surface area contributed by atoms with Gasteiger partial charge in [0, 0.05) is 31.4 Å². The topological polar surface area (TPSA) is 103 Å². The molecule has 1 heterocycles. The highest BCUT2D eigenvalue weighted by Crippen LogP contribution is 2.23. The van der Waals surface area contributed by atoms with Gasteiger partial charge in [-0.3, -0.25) is 4.79 Å². The Balaban J connectivity index is 1.59. The Bertz CT molecular complexity index is 931. The largest absolute Gasteiger partial charge is 0.484 e. The lowest BCUT2D eigenvalue weighted by molar-refractivity contribution is -0.222. The Morgan fingerprint density at radius 2 is 1.66 bits per heavy atom. The third-order valence-corrected chi connectivity index (χ3v) is 3.76. The predicted molar refractivity (Wildman–Crippen MR) is 105 cm³/mol. The molecule has 1 saturated heterocycles. The Kier molecular flexibility index (Phi) is 5.82. The number of ether oxygens (including phenoxy) is 3. The van der Waals surface area contributed by atoms with Crippen molar-refractivity contribution in [3.8, 4) is 5.75 Å². The molecule has 2 aromatic carbocycles. The summed E-state index contributed by atoms with van der Waals surface area (Å²) < 4.78 is 15.4. The van der Waals surface area contributed by atoms with E-state index in [1.165, 1.54) is 20.0 Å². The molecule has 8 nitrogen and oxygen atoms in total. The summed E-state index contributed by atoms with van der Waals surface area (Å²) in [5.41, 5.74) is 0.810. The highest BCUT2D eigenvalue weighted by Gasteiger charge is 2.38. The number of hydrogen-bond donors (Lipinski definition) is 2. The highest BCUT2D eigenvalue weighted by atomic mass is 16.7. The van der Waals surface area contributed by atoms with E-state index in [9.17, 15) is 14.4 Å². The maximum absolute atomic E-state index is 12.1. The van der Waals surface area contributed by atoms with Crippen LogP contribution in [0.3, 0.4) is 0 Å². The Morgan fingerprint density at radius 1 is 1.00 bits per heavy atom. The van der Waals surface area contributed by atoms with E-state index in [0.29, 0.717) is 17.1 Å². The van der Waals surface area contributed by atoms with Crippen LogP contribution in [0.5, 0.6) is 5.75 Å². The summed E-state index contributed by atoms with van der Waals surface area (Å²) >= 11 is 0. The number of esters is 2. The SMILES string of the molecule is CC1(C)OC(=O)C(=CNc2cccc(NC(=O)COc3ccccc3)c2)C(=O)O1. The first-order chi connectivity index (χ1) is 13.8. The van der Waals surface area contributed by atoms with Gasteiger partial charge in [-0.25, -0.2) is 9.59 Å². The van der Waals surface area contributed by atoms with Crippen molar-refractivity contribution in [2.75, 3.05) is 17.2 Å². The molecule has 0 atom stereocenters. The average molecular weight is 396 g/mol. The van der Waals surface area contributed by atoms with E-state index >= 15 is 0 Å². The molecule has 3 rings (SSSR count). The number of carbonyl (C=O) groups is 3. The first-order valence-corrected chi connectivity index (χ1v) is 8.83. The smallest absolute Gasteiger partial charge is 0.350 e. The molecular weight excluding hydrogens is 376 g/mol. The molecule has 0 radical (unpaired) electrons. The van der Waals surface area contributed by atoms with E-state index in [2.05, 4.69) is 10.6 Å². The molecule has 1 fully saturated rings. The van der Waals surface area contributed by atoms with Gasteiger partial charge in [-0.2, -0.15) is 0 Å². The third kappa shape index (κ3) is 5.58. The molecule has 8 heteroatoms. The maximum atomic E-state index is 12.1. The summed E-state index contributed by atoms with van der Waals surface area (Å²) in [7, 11) is 0. The Labute approximate surface area is 167 Å². The Hall–Kier alpha value is -3.81. The van der Waals surface area contributed by atoms with Crippen molar-refractivity contribution in [2.24, 2.45) is 0 Å². The quantitative estimate of drug-likeness (QED) is 0.440. The molecule has 2 N–H and O–H groups in total. The summed E-state index contributed by atoms with van der Waals surface area (Å²) in [6.07, 6.45) is 1.21. The van der Waals surface area contributed by atoms with Gasteiger partial charge in [-0.1, -0.05) is 24.3 Å². The number of para-hydroxylation sites is 1. The number of cyclic esters (lactones) is 2. The summed E-state index contributed by atoms with van der Waals surface area (Å²) in [5, 5.41) is 5.54. The van der Waals surface area contributed by atoms with Gasteiger partial charge in [0.05, 0.1) is 0 Å². The van der Waals surface area contributed by atoms with E-state index in [-0.39, 0.29) is 18.1 Å². The van der Waals surface area contributed by atoms with E-state index < -0.39 is 17.7 Å². The first-order valence-electron chi connectivity index (χ1n) is 8.83. The fourth-order valence-electron chi connectivity index (χ4n) is 2.48. The van der Waals surface area contributed by atoms with Gasteiger partial charge in [0.25, 0.3) is 11.7 Å². The van der Waals surface area contributed by atoms with Crippen LogP contribution in [0, 0.1) is 0 Å². The van der Waals surface area contributed by atoms with Crippen LogP contribution >= 0.6 is 0 Å². The van der Waals surface area contributed by atoms with E-state index in [0.717, 1.165) is 0 Å². The van der Waals surface area contributed by atoms with Crippen LogP contribution in [0.2, 0.25) is 0 Å². The normalized spacial score (nSPS) is 15.0. The zero-order valence-corrected chi connectivity index (χ0v) is 15.9. The second-order valence-electron chi connectivity index (χ2n) is 6.61. The minimum absolute atomic E-state index is 0.140. The first kappa shape index (κ1) is 19.9. The minimum Gasteiger partial charge on any atom is -0.484 e. The summed E-state index contributed by atoms with van der Waals surface area (Å²) in [6, 6.07) is 15.7. The monoisotopic (exact) mass is 396 g/mol. The van der Waals surface area contributed by atoms with Crippen LogP contribution in [-0.4, -0.2) is 30.2 Å². The van der Waals surface area contributed by atoms with Gasteiger partial charge >= 0.3 is 11.9 Å². The van der Waals surface area contributed by atoms with Crippen molar-refractivity contribution < 1.29 is 28.6 Å². The van der Waals surface area contributed by atoms with Gasteiger partial charge in [0.2, 0.25) is 0 Å². The van der Waals surface area contributed by atoms with Crippen LogP contribution in [0.25, 0.3) is 0 Å². The molecule has 0 unspecified atom stereocenters. The van der Waals surface area contributed by atoms with Crippen LogP contribution in [0.1, 0.15) is 13.8 Å². The Morgan fingerprint density at radius 3 is 2.34 bits per heavy atom. The van der Waals surface area contributed by atoms with Gasteiger partial charge in [0.15, 0.2) is 12.2 Å². The number of amides is 1. The molecule has 0 saturated carbocycles. The molecule has 29 heavy (non-hydrogen) atoms. The fraction of sp³-hybridized carbons (Fsp3) is 0.190. The number of nitrogens with one attached hydrogen (secondary N) is 2. The molecule has 1 aliphatic heterocycles. The summed E-state index contributed by atoms with van der Waals surface area (Å²) in [4.78, 5) is 35.9. The lowest BCUT2D eigenvalue weighted by atomic mass is 10.2. The molecule has 0 aromatic heterocycles. The molecular formula is C21H20N2O6. The molecule has 0 aliphatic carbocycles. The fourth-order valence-corrected chi connectivity index (χ4v) is 2.48. The second kappa shape index (κ2) is 8.47. The van der Waals surface area contributed by atoms with Crippen molar-refractivity contribution in [2.45, 2.75) is 19.6 Å². The van der Waals surface area contributed by atoms with Crippen molar-refractivity contribution in [1.29, 1.82) is 0 Å². The predicted octanol–water partition coefficient (Wildman–Crippen LogP) is 2.84. The molecule has 0 bridgehead atoms. The molecule has 1 amide bonds. The lowest BCUT2D eigenvalue weighted by Crippen LogP contribution is -2.42. The van der Waals surface area contributed by atoms with Crippen LogP contribution < -0.4 is 15.4 Å². The zero-order chi connectivity index (χ0) is 20.9. The van der Waals surface area contributed by atoms with Crippen molar-refractivity contribution in [3.63, 3.8) is 0 Å². The number of carbonyl (C=O) groups excluding carboxylic acids is 3. The number of anilines is 2. The molecule has 1 aliphatic rings. The third-order valence-electron chi connectivity index (χ3n) is 3.76. The number of rotatable bonds is 6. The highest BCUT2D eigenvalue weighted by molar-refractivity contribution is 6.15. The van der Waals surface area contributed by atoms with Crippen molar-refractivity contribution in [3.05, 3.63) is 66.4 Å². The summed E-state index contributed by atoms with van der Waals surface area (Å²) in [5.74, 6) is -2.58. The van der Waals surface area contributed by atoms with E-state index in [1.807, 2.05) is 18.2 Å². The average Bonchev–Trinajstić information content (AvgIpc) is 2.66. The van der Waals surface area contributed by atoms with Crippen LogP contribution in [0.15, 0.2) is 66.4 Å². The summed E-state index contributed by atoms with van der Waals surface area (Å²) in [6.45, 7) is 2.81. The van der Waals surface area contributed by atoms with Gasteiger partial charge in [0.1, 0.15) is 5.75 Å². The zero-order valence-electron chi connectivity index (χ0n) is 15.9. The lowest BCUT2D eigenvalue weighted by Gasteiger charge is -2.29.